The Morgan fingerprint density at radius 3 is 2.64 bits per heavy atom. The number of amides is 1. The van der Waals surface area contributed by atoms with Gasteiger partial charge >= 0.3 is 12.1 Å². The first-order valence-electron chi connectivity index (χ1n) is 7.49. The number of carboxylic acids is 1. The van der Waals surface area contributed by atoms with E-state index in [2.05, 4.69) is 5.16 Å². The van der Waals surface area contributed by atoms with Crippen LogP contribution in [0.25, 0.3) is 0 Å². The molecule has 0 radical (unpaired) electrons. The van der Waals surface area contributed by atoms with Crippen molar-refractivity contribution >= 4 is 29.1 Å². The third kappa shape index (κ3) is 2.96. The lowest BCUT2D eigenvalue weighted by Crippen LogP contribution is -2.57. The monoisotopic (exact) mass is 360 g/mol. The molecule has 0 bridgehead atoms. The van der Waals surface area contributed by atoms with Crippen molar-refractivity contribution in [1.29, 1.82) is 0 Å². The van der Waals surface area contributed by atoms with Gasteiger partial charge in [-0.15, -0.1) is 11.3 Å². The summed E-state index contributed by atoms with van der Waals surface area (Å²) in [5, 5.41) is 24.9. The van der Waals surface area contributed by atoms with Gasteiger partial charge in [-0.2, -0.15) is 0 Å². The Hall–Kier alpha value is -2.87. The van der Waals surface area contributed by atoms with E-state index < -0.39 is 17.6 Å². The Balaban J connectivity index is 1.92. The van der Waals surface area contributed by atoms with Crippen molar-refractivity contribution in [2.24, 2.45) is 5.16 Å². The van der Waals surface area contributed by atoms with Crippen molar-refractivity contribution in [2.45, 2.75) is 19.1 Å². The SMILES string of the molecule is CC1(C(=O)O)c2sccc2C(=NOCc2ccccc2)CN1C(=O)O. The fourth-order valence-electron chi connectivity index (χ4n) is 2.74. The maximum atomic E-state index is 11.8. The molecule has 2 N–H and O–H groups in total. The normalized spacial score (nSPS) is 21.0. The molecule has 25 heavy (non-hydrogen) atoms. The Labute approximate surface area is 147 Å². The van der Waals surface area contributed by atoms with Crippen molar-refractivity contribution in [3.63, 3.8) is 0 Å². The van der Waals surface area contributed by atoms with Gasteiger partial charge in [-0.1, -0.05) is 35.5 Å². The minimum Gasteiger partial charge on any atom is -0.479 e. The van der Waals surface area contributed by atoms with E-state index >= 15 is 0 Å². The Morgan fingerprint density at radius 2 is 2.00 bits per heavy atom. The Bertz CT molecular complexity index is 833. The molecule has 1 aliphatic heterocycles. The van der Waals surface area contributed by atoms with E-state index in [1.54, 1.807) is 11.4 Å². The van der Waals surface area contributed by atoms with E-state index in [1.807, 2.05) is 30.3 Å². The first-order valence-corrected chi connectivity index (χ1v) is 8.37. The molecule has 1 atom stereocenters. The first kappa shape index (κ1) is 17.0. The molecule has 1 aliphatic rings. The van der Waals surface area contributed by atoms with Gasteiger partial charge in [-0.3, -0.25) is 4.90 Å². The van der Waals surface area contributed by atoms with Crippen LogP contribution in [0, 0.1) is 0 Å². The number of thiophene rings is 1. The zero-order valence-electron chi connectivity index (χ0n) is 13.4. The van der Waals surface area contributed by atoms with Gasteiger partial charge in [0.15, 0.2) is 5.54 Å². The Morgan fingerprint density at radius 1 is 1.28 bits per heavy atom. The molecule has 7 nitrogen and oxygen atoms in total. The van der Waals surface area contributed by atoms with Crippen LogP contribution < -0.4 is 0 Å². The van der Waals surface area contributed by atoms with E-state index in [1.165, 1.54) is 18.3 Å². The van der Waals surface area contributed by atoms with Gasteiger partial charge in [0.05, 0.1) is 11.4 Å². The van der Waals surface area contributed by atoms with Crippen LogP contribution in [0.2, 0.25) is 0 Å². The molecule has 1 aromatic heterocycles. The van der Waals surface area contributed by atoms with Crippen molar-refractivity contribution in [1.82, 2.24) is 4.90 Å². The number of aliphatic carboxylic acids is 1. The molecule has 0 fully saturated rings. The van der Waals surface area contributed by atoms with Crippen LogP contribution >= 0.6 is 11.3 Å². The number of carboxylic acid groups (broad SMARTS) is 2. The van der Waals surface area contributed by atoms with Crippen LogP contribution in [0.15, 0.2) is 46.9 Å². The van der Waals surface area contributed by atoms with E-state index in [9.17, 15) is 19.8 Å². The lowest BCUT2D eigenvalue weighted by Gasteiger charge is -2.39. The molecule has 0 saturated carbocycles. The van der Waals surface area contributed by atoms with Crippen LogP contribution in [0.1, 0.15) is 22.9 Å². The minimum absolute atomic E-state index is 0.156. The molecule has 1 aromatic carbocycles. The number of carbonyl (C=O) groups is 2. The number of rotatable bonds is 4. The van der Waals surface area contributed by atoms with Gasteiger partial charge in [0.25, 0.3) is 0 Å². The second kappa shape index (κ2) is 6.56. The number of hydrogen-bond acceptors (Lipinski definition) is 5. The van der Waals surface area contributed by atoms with Crippen molar-refractivity contribution in [2.75, 3.05) is 6.54 Å². The topological polar surface area (TPSA) is 99.4 Å². The number of fused-ring (bicyclic) bond motifs is 1. The van der Waals surface area contributed by atoms with Crippen LogP contribution in [-0.4, -0.2) is 39.4 Å². The van der Waals surface area contributed by atoms with E-state index in [0.29, 0.717) is 16.2 Å². The first-order chi connectivity index (χ1) is 11.9. The zero-order chi connectivity index (χ0) is 18.0. The fourth-order valence-corrected chi connectivity index (χ4v) is 3.82. The van der Waals surface area contributed by atoms with Gasteiger partial charge in [0.2, 0.25) is 0 Å². The van der Waals surface area contributed by atoms with Crippen LogP contribution in [-0.2, 0) is 21.8 Å². The van der Waals surface area contributed by atoms with Gasteiger partial charge in [0, 0.05) is 5.56 Å². The third-order valence-electron chi connectivity index (χ3n) is 4.16. The molecule has 0 saturated heterocycles. The van der Waals surface area contributed by atoms with Crippen LogP contribution in [0.4, 0.5) is 4.79 Å². The van der Waals surface area contributed by atoms with Gasteiger partial charge in [0.1, 0.15) is 12.3 Å². The maximum absolute atomic E-state index is 11.8. The summed E-state index contributed by atoms with van der Waals surface area (Å²) in [5.74, 6) is -1.22. The average molecular weight is 360 g/mol. The number of nitrogens with zero attached hydrogens (tertiary/aromatic N) is 2. The molecular weight excluding hydrogens is 344 g/mol. The molecular formula is C17H16N2O5S. The quantitative estimate of drug-likeness (QED) is 0.817. The van der Waals surface area contributed by atoms with E-state index in [4.69, 9.17) is 4.84 Å². The Kier molecular flexibility index (Phi) is 4.45. The smallest absolute Gasteiger partial charge is 0.408 e. The highest BCUT2D eigenvalue weighted by Crippen LogP contribution is 2.39. The number of oxime groups is 1. The summed E-state index contributed by atoms with van der Waals surface area (Å²) in [6, 6.07) is 11.2. The highest BCUT2D eigenvalue weighted by molar-refractivity contribution is 7.10. The summed E-state index contributed by atoms with van der Waals surface area (Å²) in [6.07, 6.45) is -1.32. The molecule has 0 spiro atoms. The second-order valence-electron chi connectivity index (χ2n) is 5.71. The highest BCUT2D eigenvalue weighted by Gasteiger charge is 2.50. The molecule has 8 heteroatoms. The molecule has 1 unspecified atom stereocenters. The highest BCUT2D eigenvalue weighted by atomic mass is 32.1. The summed E-state index contributed by atoms with van der Waals surface area (Å²) < 4.78 is 0. The summed E-state index contributed by atoms with van der Waals surface area (Å²) in [6.45, 7) is 1.48. The summed E-state index contributed by atoms with van der Waals surface area (Å²) in [4.78, 5) is 30.1. The molecule has 2 heterocycles. The molecule has 0 aliphatic carbocycles. The minimum atomic E-state index is -1.65. The van der Waals surface area contributed by atoms with Crippen LogP contribution in [0.5, 0.6) is 0 Å². The lowest BCUT2D eigenvalue weighted by atomic mass is 9.88. The fraction of sp³-hybridized carbons (Fsp3) is 0.235. The predicted molar refractivity (Wildman–Crippen MR) is 91.8 cm³/mol. The summed E-state index contributed by atoms with van der Waals surface area (Å²) >= 11 is 1.19. The second-order valence-corrected chi connectivity index (χ2v) is 6.62. The third-order valence-corrected chi connectivity index (χ3v) is 5.29. The predicted octanol–water partition coefficient (Wildman–Crippen LogP) is 2.96. The number of benzene rings is 1. The largest absolute Gasteiger partial charge is 0.479 e. The molecule has 1 amide bonds. The van der Waals surface area contributed by atoms with Crippen molar-refractivity contribution < 1.29 is 24.6 Å². The van der Waals surface area contributed by atoms with E-state index in [-0.39, 0.29) is 13.2 Å². The molecule has 2 aromatic rings. The maximum Gasteiger partial charge on any atom is 0.408 e. The summed E-state index contributed by atoms with van der Waals surface area (Å²) in [5.41, 5.74) is 0.292. The number of hydrogen-bond donors (Lipinski definition) is 2. The van der Waals surface area contributed by atoms with Crippen LogP contribution in [0.3, 0.4) is 0 Å². The van der Waals surface area contributed by atoms with E-state index in [0.717, 1.165) is 10.5 Å². The molecule has 130 valence electrons. The van der Waals surface area contributed by atoms with Gasteiger partial charge in [-0.05, 0) is 23.9 Å². The standard InChI is InChI=1S/C17H16N2O5S/c1-17(15(20)21)14-12(7-8-25-14)13(9-19(17)16(22)23)18-24-10-11-5-3-2-4-6-11/h2-8H,9-10H2,1H3,(H,20,21)(H,22,23). The van der Waals surface area contributed by atoms with Gasteiger partial charge < -0.3 is 15.1 Å². The molecule has 3 rings (SSSR count). The lowest BCUT2D eigenvalue weighted by molar-refractivity contribution is -0.149. The average Bonchev–Trinajstić information content (AvgIpc) is 3.08. The summed E-state index contributed by atoms with van der Waals surface area (Å²) in [7, 11) is 0. The zero-order valence-corrected chi connectivity index (χ0v) is 14.2. The van der Waals surface area contributed by atoms with Crippen molar-refractivity contribution in [3.05, 3.63) is 57.8 Å². The van der Waals surface area contributed by atoms with Gasteiger partial charge in [-0.25, -0.2) is 9.59 Å². The van der Waals surface area contributed by atoms with Crippen molar-refractivity contribution in [3.8, 4) is 0 Å².